The summed E-state index contributed by atoms with van der Waals surface area (Å²) in [4.78, 5) is 25.1. The summed E-state index contributed by atoms with van der Waals surface area (Å²) in [5.74, 6) is 0.172. The van der Waals surface area contributed by atoms with Crippen LogP contribution < -0.4 is 10.2 Å². The maximum atomic E-state index is 12.8. The monoisotopic (exact) mass is 365 g/mol. The Hall–Kier alpha value is -2.71. The summed E-state index contributed by atoms with van der Waals surface area (Å²) in [5, 5.41) is 2.97. The molecule has 0 spiro atoms. The van der Waals surface area contributed by atoms with E-state index in [1.54, 1.807) is 23.4 Å². The van der Waals surface area contributed by atoms with E-state index in [4.69, 9.17) is 0 Å². The third kappa shape index (κ3) is 4.68. The highest BCUT2D eigenvalue weighted by molar-refractivity contribution is 5.78. The quantitative estimate of drug-likeness (QED) is 0.900. The maximum Gasteiger partial charge on any atom is 0.433 e. The number of halogens is 3. The Morgan fingerprint density at radius 3 is 2.69 bits per heavy atom. The Kier molecular flexibility index (Phi) is 5.34. The molecule has 2 aromatic rings. The third-order valence-corrected chi connectivity index (χ3v) is 4.21. The number of pyridine rings is 1. The van der Waals surface area contributed by atoms with Crippen molar-refractivity contribution >= 4 is 11.7 Å². The highest BCUT2D eigenvalue weighted by Gasteiger charge is 2.33. The van der Waals surface area contributed by atoms with Gasteiger partial charge in [0.2, 0.25) is 5.91 Å². The highest BCUT2D eigenvalue weighted by atomic mass is 19.4. The number of hydrogen-bond donors (Lipinski definition) is 1. The maximum absolute atomic E-state index is 12.8. The van der Waals surface area contributed by atoms with Crippen molar-refractivity contribution in [1.82, 2.24) is 20.3 Å². The van der Waals surface area contributed by atoms with E-state index in [-0.39, 0.29) is 24.2 Å². The van der Waals surface area contributed by atoms with Gasteiger partial charge in [-0.25, -0.2) is 9.97 Å². The fourth-order valence-electron chi connectivity index (χ4n) is 2.89. The van der Waals surface area contributed by atoms with Gasteiger partial charge < -0.3 is 10.2 Å². The molecule has 0 unspecified atom stereocenters. The summed E-state index contributed by atoms with van der Waals surface area (Å²) in [6.45, 7) is 1.04. The van der Waals surface area contributed by atoms with Gasteiger partial charge in [0.05, 0.1) is 6.42 Å². The lowest BCUT2D eigenvalue weighted by Gasteiger charge is -2.33. The Labute approximate surface area is 148 Å². The normalized spacial score (nSPS) is 15.7. The number of nitrogens with zero attached hydrogens (tertiary/aromatic N) is 4. The first-order valence-electron chi connectivity index (χ1n) is 8.24. The van der Waals surface area contributed by atoms with E-state index in [1.165, 1.54) is 0 Å². The number of anilines is 1. The minimum atomic E-state index is -4.49. The van der Waals surface area contributed by atoms with Gasteiger partial charge in [-0.05, 0) is 24.5 Å². The van der Waals surface area contributed by atoms with Crippen LogP contribution in [0.2, 0.25) is 0 Å². The molecule has 2 aromatic heterocycles. The van der Waals surface area contributed by atoms with Crippen molar-refractivity contribution in [2.75, 3.05) is 18.0 Å². The van der Waals surface area contributed by atoms with E-state index in [2.05, 4.69) is 20.3 Å². The molecule has 1 aliphatic rings. The molecule has 9 heteroatoms. The molecule has 6 nitrogen and oxygen atoms in total. The molecule has 1 saturated heterocycles. The summed E-state index contributed by atoms with van der Waals surface area (Å²) in [6, 6.07) is 4.57. The van der Waals surface area contributed by atoms with Crippen LogP contribution >= 0.6 is 0 Å². The Morgan fingerprint density at radius 2 is 2.04 bits per heavy atom. The standard InChI is InChI=1S/C17H18F3N5O/c18-17(19,20)14-9-15(23-11-22-14)25-6-3-13(4-7-25)24-16(26)8-12-2-1-5-21-10-12/h1-2,5,9-11,13H,3-4,6-8H2,(H,24,26). The van der Waals surface area contributed by atoms with Crippen molar-refractivity contribution in [2.24, 2.45) is 0 Å². The second-order valence-corrected chi connectivity index (χ2v) is 6.13. The topological polar surface area (TPSA) is 71.0 Å². The molecule has 0 aromatic carbocycles. The second-order valence-electron chi connectivity index (χ2n) is 6.13. The minimum absolute atomic E-state index is 0.000606. The van der Waals surface area contributed by atoms with Crippen molar-refractivity contribution in [3.05, 3.63) is 48.2 Å². The number of rotatable bonds is 4. The van der Waals surface area contributed by atoms with Crippen LogP contribution in [0.5, 0.6) is 0 Å². The molecule has 1 amide bonds. The highest BCUT2D eigenvalue weighted by Crippen LogP contribution is 2.29. The van der Waals surface area contributed by atoms with Crippen LogP contribution in [-0.4, -0.2) is 40.0 Å². The first-order valence-corrected chi connectivity index (χ1v) is 8.24. The molecular formula is C17H18F3N5O. The van der Waals surface area contributed by atoms with Gasteiger partial charge in [-0.2, -0.15) is 13.2 Å². The number of alkyl halides is 3. The van der Waals surface area contributed by atoms with Gasteiger partial charge in [-0.3, -0.25) is 9.78 Å². The van der Waals surface area contributed by atoms with Crippen LogP contribution in [0.3, 0.4) is 0 Å². The number of hydrogen-bond acceptors (Lipinski definition) is 5. The van der Waals surface area contributed by atoms with E-state index >= 15 is 0 Å². The number of amides is 1. The van der Waals surface area contributed by atoms with Gasteiger partial charge >= 0.3 is 6.18 Å². The number of aromatic nitrogens is 3. The summed E-state index contributed by atoms with van der Waals surface area (Å²) in [7, 11) is 0. The number of carbonyl (C=O) groups is 1. The van der Waals surface area contributed by atoms with Crippen molar-refractivity contribution in [2.45, 2.75) is 31.5 Å². The van der Waals surface area contributed by atoms with E-state index in [0.29, 0.717) is 25.9 Å². The first-order chi connectivity index (χ1) is 12.4. The Balaban J connectivity index is 1.52. The smallest absolute Gasteiger partial charge is 0.356 e. The van der Waals surface area contributed by atoms with Crippen LogP contribution in [-0.2, 0) is 17.4 Å². The van der Waals surface area contributed by atoms with Gasteiger partial charge in [0.15, 0.2) is 0 Å². The van der Waals surface area contributed by atoms with E-state index in [0.717, 1.165) is 18.0 Å². The second kappa shape index (κ2) is 7.67. The van der Waals surface area contributed by atoms with Gasteiger partial charge in [0.1, 0.15) is 17.8 Å². The fourth-order valence-corrected chi connectivity index (χ4v) is 2.89. The molecule has 1 N–H and O–H groups in total. The summed E-state index contributed by atoms with van der Waals surface area (Å²) < 4.78 is 38.3. The molecule has 0 bridgehead atoms. The summed E-state index contributed by atoms with van der Waals surface area (Å²) in [6.07, 6.45) is 1.28. The van der Waals surface area contributed by atoms with Crippen LogP contribution in [0, 0.1) is 0 Å². The molecule has 1 fully saturated rings. The zero-order valence-electron chi connectivity index (χ0n) is 13.9. The lowest BCUT2D eigenvalue weighted by molar-refractivity contribution is -0.141. The zero-order chi connectivity index (χ0) is 18.6. The summed E-state index contributed by atoms with van der Waals surface area (Å²) >= 11 is 0. The number of nitrogens with one attached hydrogen (secondary N) is 1. The molecule has 1 aliphatic heterocycles. The molecule has 26 heavy (non-hydrogen) atoms. The van der Waals surface area contributed by atoms with Crippen molar-refractivity contribution in [1.29, 1.82) is 0 Å². The van der Waals surface area contributed by atoms with Crippen LogP contribution in [0.15, 0.2) is 36.9 Å². The predicted molar refractivity (Wildman–Crippen MR) is 88.4 cm³/mol. The van der Waals surface area contributed by atoms with E-state index < -0.39 is 11.9 Å². The molecule has 0 radical (unpaired) electrons. The van der Waals surface area contributed by atoms with Gasteiger partial charge in [-0.15, -0.1) is 0 Å². The third-order valence-electron chi connectivity index (χ3n) is 4.21. The summed E-state index contributed by atoms with van der Waals surface area (Å²) in [5.41, 5.74) is -0.113. The van der Waals surface area contributed by atoms with Gasteiger partial charge in [-0.1, -0.05) is 6.07 Å². The van der Waals surface area contributed by atoms with Crippen molar-refractivity contribution < 1.29 is 18.0 Å². The molecule has 3 heterocycles. The lowest BCUT2D eigenvalue weighted by atomic mass is 10.0. The van der Waals surface area contributed by atoms with E-state index in [1.807, 2.05) is 6.07 Å². The molecule has 138 valence electrons. The molecule has 3 rings (SSSR count). The fraction of sp³-hybridized carbons (Fsp3) is 0.412. The van der Waals surface area contributed by atoms with E-state index in [9.17, 15) is 18.0 Å². The Morgan fingerprint density at radius 1 is 1.27 bits per heavy atom. The average molecular weight is 365 g/mol. The first kappa shape index (κ1) is 18.1. The zero-order valence-corrected chi connectivity index (χ0v) is 13.9. The molecule has 0 aliphatic carbocycles. The lowest BCUT2D eigenvalue weighted by Crippen LogP contribution is -2.45. The van der Waals surface area contributed by atoms with Crippen LogP contribution in [0.25, 0.3) is 0 Å². The minimum Gasteiger partial charge on any atom is -0.356 e. The SMILES string of the molecule is O=C(Cc1cccnc1)NC1CCN(c2cc(C(F)(F)F)ncn2)CC1. The number of carbonyl (C=O) groups excluding carboxylic acids is 1. The van der Waals surface area contributed by atoms with Gasteiger partial charge in [0.25, 0.3) is 0 Å². The van der Waals surface area contributed by atoms with Crippen LogP contribution in [0.4, 0.5) is 19.0 Å². The Bertz CT molecular complexity index is 746. The van der Waals surface area contributed by atoms with Gasteiger partial charge in [0, 0.05) is 37.6 Å². The molecule has 0 atom stereocenters. The number of piperidine rings is 1. The van der Waals surface area contributed by atoms with Crippen molar-refractivity contribution in [3.63, 3.8) is 0 Å². The largest absolute Gasteiger partial charge is 0.433 e. The van der Waals surface area contributed by atoms with Crippen molar-refractivity contribution in [3.8, 4) is 0 Å². The molecule has 0 saturated carbocycles. The van der Waals surface area contributed by atoms with Crippen LogP contribution in [0.1, 0.15) is 24.1 Å². The molecular weight excluding hydrogens is 347 g/mol. The average Bonchev–Trinajstić information content (AvgIpc) is 2.62. The predicted octanol–water partition coefficient (Wildman–Crippen LogP) is 2.22.